The van der Waals surface area contributed by atoms with Gasteiger partial charge in [-0.2, -0.15) is 0 Å². The first-order valence-electron chi connectivity index (χ1n) is 8.87. The number of rotatable bonds is 4. The van der Waals surface area contributed by atoms with E-state index in [1.54, 1.807) is 18.5 Å². The van der Waals surface area contributed by atoms with Gasteiger partial charge in [0.1, 0.15) is 5.65 Å². The van der Waals surface area contributed by atoms with Crippen molar-refractivity contribution in [2.24, 2.45) is 0 Å². The van der Waals surface area contributed by atoms with Crippen molar-refractivity contribution in [3.8, 4) is 11.3 Å². The average Bonchev–Trinajstić information content (AvgIpc) is 3.12. The highest BCUT2D eigenvalue weighted by Gasteiger charge is 2.13. The summed E-state index contributed by atoms with van der Waals surface area (Å²) in [5.74, 6) is -0.126. The number of aryl methyl sites for hydroxylation is 1. The van der Waals surface area contributed by atoms with Crippen LogP contribution in [0.2, 0.25) is 0 Å². The van der Waals surface area contributed by atoms with Crippen LogP contribution in [0.1, 0.15) is 34.5 Å². The number of pyridine rings is 2. The van der Waals surface area contributed by atoms with Crippen LogP contribution in [0.25, 0.3) is 16.9 Å². The van der Waals surface area contributed by atoms with Crippen molar-refractivity contribution in [3.05, 3.63) is 90.0 Å². The normalized spacial score (nSPS) is 12.1. The minimum absolute atomic E-state index is 0.118. The van der Waals surface area contributed by atoms with Crippen molar-refractivity contribution in [2.45, 2.75) is 19.9 Å². The standard InChI is InChI=1S/C22H20N4O/c1-15-5-7-17(8-6-15)20-14-26-13-19(9-10-21(26)25-20)22(27)24-16(2)18-4-3-11-23-12-18/h3-14,16H,1-2H3,(H,24,27)/t16-/m1/s1. The zero-order chi connectivity index (χ0) is 18.8. The van der Waals surface area contributed by atoms with E-state index >= 15 is 0 Å². The molecule has 0 aliphatic rings. The first kappa shape index (κ1) is 17.0. The van der Waals surface area contributed by atoms with E-state index in [4.69, 9.17) is 0 Å². The zero-order valence-electron chi connectivity index (χ0n) is 15.3. The van der Waals surface area contributed by atoms with E-state index in [1.807, 2.05) is 41.9 Å². The molecule has 0 bridgehead atoms. The van der Waals surface area contributed by atoms with Gasteiger partial charge in [-0.05, 0) is 37.6 Å². The molecule has 0 aliphatic heterocycles. The Morgan fingerprint density at radius 1 is 1.07 bits per heavy atom. The maximum absolute atomic E-state index is 12.6. The molecule has 1 aromatic carbocycles. The minimum Gasteiger partial charge on any atom is -0.345 e. The molecule has 1 atom stereocenters. The molecule has 3 aromatic heterocycles. The van der Waals surface area contributed by atoms with E-state index in [1.165, 1.54) is 5.56 Å². The molecule has 0 aliphatic carbocycles. The highest BCUT2D eigenvalue weighted by molar-refractivity contribution is 5.94. The Hall–Kier alpha value is -3.47. The topological polar surface area (TPSA) is 59.3 Å². The van der Waals surface area contributed by atoms with Gasteiger partial charge in [-0.3, -0.25) is 9.78 Å². The molecule has 0 saturated heterocycles. The largest absolute Gasteiger partial charge is 0.345 e. The van der Waals surface area contributed by atoms with Crippen molar-refractivity contribution in [3.63, 3.8) is 0 Å². The maximum atomic E-state index is 12.6. The summed E-state index contributed by atoms with van der Waals surface area (Å²) in [5.41, 5.74) is 5.52. The number of nitrogens with one attached hydrogen (secondary N) is 1. The predicted molar refractivity (Wildman–Crippen MR) is 105 cm³/mol. The number of benzene rings is 1. The molecular weight excluding hydrogens is 336 g/mol. The summed E-state index contributed by atoms with van der Waals surface area (Å²) in [6, 6.07) is 15.6. The maximum Gasteiger partial charge on any atom is 0.253 e. The molecule has 0 spiro atoms. The van der Waals surface area contributed by atoms with E-state index in [2.05, 4.69) is 46.5 Å². The number of imidazole rings is 1. The van der Waals surface area contributed by atoms with Crippen LogP contribution in [0.4, 0.5) is 0 Å². The molecule has 27 heavy (non-hydrogen) atoms. The van der Waals surface area contributed by atoms with Crippen LogP contribution in [0.15, 0.2) is 73.3 Å². The fourth-order valence-corrected chi connectivity index (χ4v) is 2.98. The Morgan fingerprint density at radius 2 is 1.89 bits per heavy atom. The lowest BCUT2D eigenvalue weighted by Gasteiger charge is -2.13. The third-order valence-electron chi connectivity index (χ3n) is 4.59. The van der Waals surface area contributed by atoms with Gasteiger partial charge >= 0.3 is 0 Å². The summed E-state index contributed by atoms with van der Waals surface area (Å²) < 4.78 is 1.89. The highest BCUT2D eigenvalue weighted by atomic mass is 16.1. The summed E-state index contributed by atoms with van der Waals surface area (Å²) in [5, 5.41) is 3.01. The Balaban J connectivity index is 1.57. The van der Waals surface area contributed by atoms with Crippen LogP contribution < -0.4 is 5.32 Å². The zero-order valence-corrected chi connectivity index (χ0v) is 15.3. The molecular formula is C22H20N4O. The number of carbonyl (C=O) groups is 1. The number of hydrogen-bond donors (Lipinski definition) is 1. The van der Waals surface area contributed by atoms with Crippen LogP contribution in [-0.2, 0) is 0 Å². The molecule has 4 rings (SSSR count). The summed E-state index contributed by atoms with van der Waals surface area (Å²) in [4.78, 5) is 21.4. The number of fused-ring (bicyclic) bond motifs is 1. The van der Waals surface area contributed by atoms with E-state index in [0.717, 1.165) is 22.5 Å². The lowest BCUT2D eigenvalue weighted by Crippen LogP contribution is -2.26. The Morgan fingerprint density at radius 3 is 2.63 bits per heavy atom. The lowest BCUT2D eigenvalue weighted by atomic mass is 10.1. The van der Waals surface area contributed by atoms with Gasteiger partial charge in [-0.15, -0.1) is 0 Å². The van der Waals surface area contributed by atoms with Gasteiger partial charge in [0, 0.05) is 30.4 Å². The average molecular weight is 356 g/mol. The van der Waals surface area contributed by atoms with E-state index in [-0.39, 0.29) is 11.9 Å². The van der Waals surface area contributed by atoms with Gasteiger partial charge in [0.05, 0.1) is 17.3 Å². The monoisotopic (exact) mass is 356 g/mol. The van der Waals surface area contributed by atoms with Crippen LogP contribution in [-0.4, -0.2) is 20.3 Å². The Bertz CT molecular complexity index is 1080. The van der Waals surface area contributed by atoms with Crippen molar-refractivity contribution < 1.29 is 4.79 Å². The first-order valence-corrected chi connectivity index (χ1v) is 8.87. The predicted octanol–water partition coefficient (Wildman–Crippen LogP) is 4.20. The van der Waals surface area contributed by atoms with Crippen molar-refractivity contribution in [1.29, 1.82) is 0 Å². The molecule has 1 N–H and O–H groups in total. The van der Waals surface area contributed by atoms with Crippen LogP contribution in [0.5, 0.6) is 0 Å². The highest BCUT2D eigenvalue weighted by Crippen LogP contribution is 2.20. The second-order valence-corrected chi connectivity index (χ2v) is 6.66. The van der Waals surface area contributed by atoms with E-state index in [0.29, 0.717) is 5.56 Å². The molecule has 0 radical (unpaired) electrons. The number of aromatic nitrogens is 3. The summed E-state index contributed by atoms with van der Waals surface area (Å²) in [7, 11) is 0. The van der Waals surface area contributed by atoms with Gasteiger partial charge < -0.3 is 9.72 Å². The molecule has 5 nitrogen and oxygen atoms in total. The molecule has 4 aromatic rings. The second-order valence-electron chi connectivity index (χ2n) is 6.66. The molecule has 5 heteroatoms. The van der Waals surface area contributed by atoms with Gasteiger partial charge in [0.2, 0.25) is 0 Å². The third-order valence-corrected chi connectivity index (χ3v) is 4.59. The SMILES string of the molecule is Cc1ccc(-c2cn3cc(C(=O)N[C@H](C)c4cccnc4)ccc3n2)cc1. The Labute approximate surface area is 157 Å². The quantitative estimate of drug-likeness (QED) is 0.596. The summed E-state index contributed by atoms with van der Waals surface area (Å²) in [6.07, 6.45) is 7.24. The molecule has 0 unspecified atom stereocenters. The van der Waals surface area contributed by atoms with Gasteiger partial charge in [-0.1, -0.05) is 35.9 Å². The van der Waals surface area contributed by atoms with Crippen LogP contribution in [0.3, 0.4) is 0 Å². The molecule has 134 valence electrons. The first-order chi connectivity index (χ1) is 13.1. The van der Waals surface area contributed by atoms with Crippen LogP contribution in [0, 0.1) is 6.92 Å². The molecule has 1 amide bonds. The fraction of sp³-hybridized carbons (Fsp3) is 0.136. The smallest absolute Gasteiger partial charge is 0.253 e. The summed E-state index contributed by atoms with van der Waals surface area (Å²) >= 11 is 0. The summed E-state index contributed by atoms with van der Waals surface area (Å²) in [6.45, 7) is 4.00. The fourth-order valence-electron chi connectivity index (χ4n) is 2.98. The van der Waals surface area contributed by atoms with Crippen LogP contribution >= 0.6 is 0 Å². The van der Waals surface area contributed by atoms with E-state index in [9.17, 15) is 4.79 Å². The number of hydrogen-bond acceptors (Lipinski definition) is 3. The minimum atomic E-state index is -0.126. The Kier molecular flexibility index (Phi) is 4.42. The molecule has 0 fully saturated rings. The number of amides is 1. The third kappa shape index (κ3) is 3.58. The number of nitrogens with zero attached hydrogens (tertiary/aromatic N) is 3. The van der Waals surface area contributed by atoms with Gasteiger partial charge in [0.15, 0.2) is 0 Å². The molecule has 3 heterocycles. The van der Waals surface area contributed by atoms with Gasteiger partial charge in [-0.25, -0.2) is 4.98 Å². The van der Waals surface area contributed by atoms with Gasteiger partial charge in [0.25, 0.3) is 5.91 Å². The van der Waals surface area contributed by atoms with Crippen molar-refractivity contribution >= 4 is 11.6 Å². The lowest BCUT2D eigenvalue weighted by molar-refractivity contribution is 0.0939. The molecule has 0 saturated carbocycles. The second kappa shape index (κ2) is 7.03. The van der Waals surface area contributed by atoms with E-state index < -0.39 is 0 Å². The number of carbonyl (C=O) groups excluding carboxylic acids is 1. The van der Waals surface area contributed by atoms with Crippen molar-refractivity contribution in [2.75, 3.05) is 0 Å². The van der Waals surface area contributed by atoms with Crippen molar-refractivity contribution in [1.82, 2.24) is 19.7 Å².